The summed E-state index contributed by atoms with van der Waals surface area (Å²) >= 11 is 0. The monoisotopic (exact) mass is 554 g/mol. The number of methoxy groups -OCH3 is 1. The Hall–Kier alpha value is -3.94. The Morgan fingerprint density at radius 2 is 1.25 bits per heavy atom. The first-order valence-corrected chi connectivity index (χ1v) is 13.9. The Kier molecular flexibility index (Phi) is 24.0. The quantitative estimate of drug-likeness (QED) is 0.0687. The van der Waals surface area contributed by atoms with Crippen LogP contribution in [0.4, 0.5) is 0 Å². The molecule has 2 amide bonds. The first-order chi connectivity index (χ1) is 19.4. The van der Waals surface area contributed by atoms with Gasteiger partial charge < -0.3 is 20.5 Å². The van der Waals surface area contributed by atoms with Gasteiger partial charge >= 0.3 is 11.9 Å². The zero-order valence-electron chi connectivity index (χ0n) is 23.9. The number of hydrogen-bond donors (Lipinski definition) is 3. The van der Waals surface area contributed by atoms with Crippen LogP contribution in [-0.4, -0.2) is 48.6 Å². The topological polar surface area (TPSA) is 122 Å². The number of aliphatic carboxylic acids is 1. The molecule has 0 aromatic rings. The summed E-state index contributed by atoms with van der Waals surface area (Å²) in [6.45, 7) is 2.34. The summed E-state index contributed by atoms with van der Waals surface area (Å²) in [7, 11) is 1.20. The molecular formula is C32H46N2O6. The number of hydrogen-bond acceptors (Lipinski definition) is 5. The number of carbonyl (C=O) groups is 4. The van der Waals surface area contributed by atoms with Gasteiger partial charge in [-0.25, -0.2) is 9.59 Å². The molecule has 8 heteroatoms. The standard InChI is InChI=1S/C32H46N2O6/c1-3-4-5-6-7-8-9-10-11-12-13-14-15-16-17-18-19-20-21-24-30(36)34-28(32(38)39)23-22-27-33-29(35)25-26-31(37)40-2/h4-5,7-8,10-11,13-14,16-17,19-20,25-26,28H,3,6,9,12,15,18,21-24,27H2,1-2H3,(H,33,35)(H,34,36)(H,38,39). The van der Waals surface area contributed by atoms with Gasteiger partial charge in [-0.3, -0.25) is 9.59 Å². The predicted molar refractivity (Wildman–Crippen MR) is 160 cm³/mol. The predicted octanol–water partition coefficient (Wildman–Crippen LogP) is 5.66. The van der Waals surface area contributed by atoms with E-state index in [0.717, 1.165) is 50.7 Å². The Bertz CT molecular complexity index is 941. The molecule has 0 spiro atoms. The van der Waals surface area contributed by atoms with Crippen LogP contribution in [-0.2, 0) is 23.9 Å². The Morgan fingerprint density at radius 1 is 0.750 bits per heavy atom. The lowest BCUT2D eigenvalue weighted by molar-refractivity contribution is -0.142. The second kappa shape index (κ2) is 26.7. The van der Waals surface area contributed by atoms with Crippen LogP contribution in [0.1, 0.15) is 71.1 Å². The lowest BCUT2D eigenvalue weighted by Gasteiger charge is -2.14. The van der Waals surface area contributed by atoms with Crippen molar-refractivity contribution in [1.82, 2.24) is 10.6 Å². The van der Waals surface area contributed by atoms with Crippen LogP contribution in [0.3, 0.4) is 0 Å². The number of carbonyl (C=O) groups excluding carboxylic acids is 3. The SMILES string of the molecule is CCC=CCC=CCC=CCC=CCC=CCC=CCCC(=O)NC(CCCNC(=O)C=CC(=O)OC)C(=O)O. The average Bonchev–Trinajstić information content (AvgIpc) is 2.94. The van der Waals surface area contributed by atoms with Crippen LogP contribution in [0, 0.1) is 0 Å². The van der Waals surface area contributed by atoms with Crippen molar-refractivity contribution in [3.05, 3.63) is 85.1 Å². The van der Waals surface area contributed by atoms with Gasteiger partial charge in [0.05, 0.1) is 7.11 Å². The maximum absolute atomic E-state index is 12.1. The highest BCUT2D eigenvalue weighted by molar-refractivity contribution is 5.94. The fourth-order valence-corrected chi connectivity index (χ4v) is 3.17. The van der Waals surface area contributed by atoms with Crippen molar-refractivity contribution in [2.45, 2.75) is 77.2 Å². The molecule has 0 bridgehead atoms. The zero-order valence-corrected chi connectivity index (χ0v) is 23.9. The average molecular weight is 555 g/mol. The van der Waals surface area contributed by atoms with Crippen LogP contribution >= 0.6 is 0 Å². The third-order valence-electron chi connectivity index (χ3n) is 5.31. The van der Waals surface area contributed by atoms with Gasteiger partial charge in [0.15, 0.2) is 0 Å². The van der Waals surface area contributed by atoms with E-state index < -0.39 is 23.9 Å². The van der Waals surface area contributed by atoms with E-state index in [1.54, 1.807) is 0 Å². The summed E-state index contributed by atoms with van der Waals surface area (Å²) in [5, 5.41) is 14.4. The minimum Gasteiger partial charge on any atom is -0.480 e. The fourth-order valence-electron chi connectivity index (χ4n) is 3.17. The van der Waals surface area contributed by atoms with Gasteiger partial charge in [-0.1, -0.05) is 79.8 Å². The summed E-state index contributed by atoms with van der Waals surface area (Å²) in [6, 6.07) is -1.03. The molecule has 0 saturated heterocycles. The van der Waals surface area contributed by atoms with Gasteiger partial charge in [0.2, 0.25) is 11.8 Å². The van der Waals surface area contributed by atoms with Crippen molar-refractivity contribution in [1.29, 1.82) is 0 Å². The summed E-state index contributed by atoms with van der Waals surface area (Å²) in [4.78, 5) is 46.0. The Balaban J connectivity index is 3.97. The van der Waals surface area contributed by atoms with E-state index in [1.165, 1.54) is 7.11 Å². The minimum atomic E-state index is -1.13. The molecule has 0 radical (unpaired) electrons. The molecule has 1 atom stereocenters. The number of rotatable bonds is 22. The lowest BCUT2D eigenvalue weighted by Crippen LogP contribution is -2.41. The smallest absolute Gasteiger partial charge is 0.330 e. The fraction of sp³-hybridized carbons (Fsp3) is 0.438. The van der Waals surface area contributed by atoms with Crippen molar-refractivity contribution in [2.75, 3.05) is 13.7 Å². The second-order valence-corrected chi connectivity index (χ2v) is 8.70. The molecule has 40 heavy (non-hydrogen) atoms. The van der Waals surface area contributed by atoms with E-state index in [-0.39, 0.29) is 25.3 Å². The zero-order chi connectivity index (χ0) is 29.7. The van der Waals surface area contributed by atoms with Gasteiger partial charge in [0.1, 0.15) is 6.04 Å². The van der Waals surface area contributed by atoms with Gasteiger partial charge in [-0.05, 0) is 57.8 Å². The molecule has 0 heterocycles. The van der Waals surface area contributed by atoms with Gasteiger partial charge in [-0.2, -0.15) is 0 Å². The second-order valence-electron chi connectivity index (χ2n) is 8.70. The van der Waals surface area contributed by atoms with E-state index in [9.17, 15) is 24.3 Å². The molecule has 0 aliphatic carbocycles. The van der Waals surface area contributed by atoms with E-state index in [1.807, 2.05) is 12.2 Å². The van der Waals surface area contributed by atoms with Crippen molar-refractivity contribution < 1.29 is 29.0 Å². The number of allylic oxidation sites excluding steroid dienone is 12. The van der Waals surface area contributed by atoms with E-state index in [4.69, 9.17) is 0 Å². The van der Waals surface area contributed by atoms with Crippen LogP contribution in [0.15, 0.2) is 85.1 Å². The molecular weight excluding hydrogens is 508 g/mol. The third kappa shape index (κ3) is 24.4. The Morgan fingerprint density at radius 3 is 1.73 bits per heavy atom. The maximum atomic E-state index is 12.1. The van der Waals surface area contributed by atoms with Crippen molar-refractivity contribution in [3.8, 4) is 0 Å². The van der Waals surface area contributed by atoms with Crippen molar-refractivity contribution >= 4 is 23.8 Å². The highest BCUT2D eigenvalue weighted by Crippen LogP contribution is 2.01. The highest BCUT2D eigenvalue weighted by Gasteiger charge is 2.19. The summed E-state index contributed by atoms with van der Waals surface area (Å²) < 4.78 is 4.39. The largest absolute Gasteiger partial charge is 0.480 e. The molecule has 0 aromatic carbocycles. The summed E-state index contributed by atoms with van der Waals surface area (Å²) in [5.74, 6) is -2.60. The molecule has 0 aliphatic rings. The number of ether oxygens (including phenoxy) is 1. The molecule has 0 saturated carbocycles. The molecule has 0 aromatic heterocycles. The molecule has 8 nitrogen and oxygen atoms in total. The van der Waals surface area contributed by atoms with E-state index in [2.05, 4.69) is 83.1 Å². The maximum Gasteiger partial charge on any atom is 0.330 e. The number of amides is 2. The molecule has 0 fully saturated rings. The van der Waals surface area contributed by atoms with Crippen molar-refractivity contribution in [2.24, 2.45) is 0 Å². The lowest BCUT2D eigenvalue weighted by atomic mass is 10.1. The van der Waals surface area contributed by atoms with Crippen LogP contribution in [0.5, 0.6) is 0 Å². The first-order valence-electron chi connectivity index (χ1n) is 13.9. The van der Waals surface area contributed by atoms with Crippen LogP contribution in [0.25, 0.3) is 0 Å². The molecule has 3 N–H and O–H groups in total. The van der Waals surface area contributed by atoms with Crippen LogP contribution in [0.2, 0.25) is 0 Å². The van der Waals surface area contributed by atoms with Gasteiger partial charge in [-0.15, -0.1) is 0 Å². The minimum absolute atomic E-state index is 0.169. The van der Waals surface area contributed by atoms with Gasteiger partial charge in [0, 0.05) is 25.1 Å². The number of carboxylic acid groups (broad SMARTS) is 1. The normalized spacial score (nSPS) is 13.1. The van der Waals surface area contributed by atoms with Crippen LogP contribution < -0.4 is 10.6 Å². The number of carboxylic acids is 1. The Labute approximate surface area is 239 Å². The van der Waals surface area contributed by atoms with E-state index in [0.29, 0.717) is 12.8 Å². The highest BCUT2D eigenvalue weighted by atomic mass is 16.5. The summed E-state index contributed by atoms with van der Waals surface area (Å²) in [5.41, 5.74) is 0. The van der Waals surface area contributed by atoms with Crippen molar-refractivity contribution in [3.63, 3.8) is 0 Å². The third-order valence-corrected chi connectivity index (χ3v) is 5.31. The number of esters is 1. The van der Waals surface area contributed by atoms with Gasteiger partial charge in [0.25, 0.3) is 0 Å². The molecule has 220 valence electrons. The first kappa shape index (κ1) is 36.1. The molecule has 1 unspecified atom stereocenters. The molecule has 0 aliphatic heterocycles. The number of nitrogens with one attached hydrogen (secondary N) is 2. The van der Waals surface area contributed by atoms with E-state index >= 15 is 0 Å². The summed E-state index contributed by atoms with van der Waals surface area (Å²) in [6.07, 6.45) is 34.3. The molecule has 0 rings (SSSR count).